The highest BCUT2D eigenvalue weighted by molar-refractivity contribution is 14.1. The minimum atomic E-state index is -4.60. The van der Waals surface area contributed by atoms with Crippen LogP contribution in [-0.4, -0.2) is 48.9 Å². The van der Waals surface area contributed by atoms with E-state index in [-0.39, 0.29) is 16.4 Å². The van der Waals surface area contributed by atoms with Gasteiger partial charge >= 0.3 is 10.1 Å². The monoisotopic (exact) mass is 695 g/mol. The molecule has 3 aromatic carbocycles. The molecule has 1 heterocycles. The van der Waals surface area contributed by atoms with E-state index in [1.807, 2.05) is 0 Å². The molecule has 1 N–H and O–H groups in total. The number of anilines is 1. The Balaban J connectivity index is 1.50. The van der Waals surface area contributed by atoms with E-state index < -0.39 is 49.2 Å². The lowest BCUT2D eigenvalue weighted by molar-refractivity contribution is -0.387. The van der Waals surface area contributed by atoms with Gasteiger partial charge in [0, 0.05) is 15.3 Å². The van der Waals surface area contributed by atoms with E-state index in [0.717, 1.165) is 20.6 Å². The minimum Gasteiger partial charge on any atom is -0.493 e. The highest BCUT2D eigenvalue weighted by Gasteiger charge is 2.36. The molecule has 3 aromatic rings. The molecule has 3 amide bonds. The Kier molecular flexibility index (Phi) is 8.75. The molecule has 1 aliphatic heterocycles. The fraction of sp³-hybridized carbons (Fsp3) is 0.0800. The maximum absolute atomic E-state index is 12.9. The molecule has 1 aliphatic rings. The van der Waals surface area contributed by atoms with Crippen LogP contribution >= 0.6 is 34.4 Å². The first-order valence-electron chi connectivity index (χ1n) is 11.2. The SMILES string of the molecule is COc1cc(/C=C2\SC(=O)N(CC(=O)Nc3ccc(I)cc3)C2=O)ccc1OS(=O)(=O)c1ccccc1[N+](=O)[O-]. The van der Waals surface area contributed by atoms with E-state index in [2.05, 4.69) is 27.9 Å². The first-order chi connectivity index (χ1) is 19.0. The average molecular weight is 695 g/mol. The average Bonchev–Trinajstić information content (AvgIpc) is 3.17. The highest BCUT2D eigenvalue weighted by atomic mass is 127. The number of carbonyl (C=O) groups excluding carboxylic acids is 3. The molecule has 0 spiro atoms. The summed E-state index contributed by atoms with van der Waals surface area (Å²) in [6, 6.07) is 15.7. The van der Waals surface area contributed by atoms with Crippen molar-refractivity contribution >= 4 is 79.0 Å². The van der Waals surface area contributed by atoms with Crippen LogP contribution in [0.1, 0.15) is 5.56 Å². The molecule has 40 heavy (non-hydrogen) atoms. The number of para-hydroxylation sites is 1. The van der Waals surface area contributed by atoms with Gasteiger partial charge in [0.1, 0.15) is 6.54 Å². The normalized spacial score (nSPS) is 14.3. The smallest absolute Gasteiger partial charge is 0.346 e. The number of thioether (sulfide) groups is 1. The molecular formula is C25H18IN3O9S2. The lowest BCUT2D eigenvalue weighted by Crippen LogP contribution is -2.36. The number of hydrogen-bond donors (Lipinski definition) is 1. The molecule has 1 fully saturated rings. The zero-order valence-electron chi connectivity index (χ0n) is 20.4. The molecule has 0 bridgehead atoms. The third kappa shape index (κ3) is 6.60. The number of nitrogens with one attached hydrogen (secondary N) is 1. The number of ether oxygens (including phenoxy) is 1. The number of carbonyl (C=O) groups is 3. The minimum absolute atomic E-state index is 0.0373. The lowest BCUT2D eigenvalue weighted by atomic mass is 10.2. The van der Waals surface area contributed by atoms with Crippen molar-refractivity contribution in [2.75, 3.05) is 19.0 Å². The van der Waals surface area contributed by atoms with Crippen LogP contribution in [-0.2, 0) is 19.7 Å². The fourth-order valence-corrected chi connectivity index (χ4v) is 5.80. The zero-order valence-corrected chi connectivity index (χ0v) is 24.2. The van der Waals surface area contributed by atoms with Gasteiger partial charge in [-0.15, -0.1) is 0 Å². The van der Waals surface area contributed by atoms with Crippen LogP contribution in [0.15, 0.2) is 76.5 Å². The van der Waals surface area contributed by atoms with E-state index in [1.165, 1.54) is 43.5 Å². The molecule has 4 rings (SSSR count). The molecular weight excluding hydrogens is 677 g/mol. The summed E-state index contributed by atoms with van der Waals surface area (Å²) in [6.07, 6.45) is 1.38. The number of hydrogen-bond acceptors (Lipinski definition) is 10. The molecule has 0 saturated carbocycles. The van der Waals surface area contributed by atoms with Gasteiger partial charge in [0.2, 0.25) is 5.91 Å². The summed E-state index contributed by atoms with van der Waals surface area (Å²) in [5, 5.41) is 13.3. The summed E-state index contributed by atoms with van der Waals surface area (Å²) in [4.78, 5) is 48.3. The predicted molar refractivity (Wildman–Crippen MR) is 154 cm³/mol. The van der Waals surface area contributed by atoms with E-state index in [4.69, 9.17) is 8.92 Å². The Morgan fingerprint density at radius 1 is 1.10 bits per heavy atom. The standard InChI is InChI=1S/C25H18IN3O9S2/c1-37-20-12-15(6-11-19(20)38-40(35,36)22-5-3-2-4-18(22)29(33)34)13-21-24(31)28(25(32)39-21)14-23(30)27-17-9-7-16(26)8-10-17/h2-13H,14H2,1H3,(H,27,30)/b21-13-. The third-order valence-electron chi connectivity index (χ3n) is 5.32. The quantitative estimate of drug-likeness (QED) is 0.110. The van der Waals surface area contributed by atoms with Crippen LogP contribution in [0.2, 0.25) is 0 Å². The predicted octanol–water partition coefficient (Wildman–Crippen LogP) is 4.65. The van der Waals surface area contributed by atoms with Gasteiger partial charge in [0.25, 0.3) is 16.8 Å². The number of rotatable bonds is 9. The van der Waals surface area contributed by atoms with Crippen molar-refractivity contribution in [2.45, 2.75) is 4.90 Å². The molecule has 0 aromatic heterocycles. The largest absolute Gasteiger partial charge is 0.493 e. The zero-order chi connectivity index (χ0) is 29.0. The molecule has 12 nitrogen and oxygen atoms in total. The number of benzene rings is 3. The second-order valence-electron chi connectivity index (χ2n) is 8.00. The van der Waals surface area contributed by atoms with Crippen molar-refractivity contribution in [3.8, 4) is 11.5 Å². The molecule has 0 aliphatic carbocycles. The molecule has 0 radical (unpaired) electrons. The van der Waals surface area contributed by atoms with Crippen LogP contribution in [0.4, 0.5) is 16.2 Å². The maximum Gasteiger partial charge on any atom is 0.346 e. The summed E-state index contributed by atoms with van der Waals surface area (Å²) < 4.78 is 36.9. The van der Waals surface area contributed by atoms with Crippen LogP contribution < -0.4 is 14.2 Å². The Morgan fingerprint density at radius 2 is 1.80 bits per heavy atom. The lowest BCUT2D eigenvalue weighted by Gasteiger charge is -2.12. The van der Waals surface area contributed by atoms with Gasteiger partial charge in [0.05, 0.1) is 16.9 Å². The van der Waals surface area contributed by atoms with Crippen molar-refractivity contribution in [2.24, 2.45) is 0 Å². The summed E-state index contributed by atoms with van der Waals surface area (Å²) in [6.45, 7) is -0.479. The second kappa shape index (κ2) is 12.1. The molecule has 15 heteroatoms. The van der Waals surface area contributed by atoms with Gasteiger partial charge in [-0.2, -0.15) is 8.42 Å². The first kappa shape index (κ1) is 29.0. The van der Waals surface area contributed by atoms with Crippen molar-refractivity contribution in [1.82, 2.24) is 4.90 Å². The van der Waals surface area contributed by atoms with E-state index >= 15 is 0 Å². The number of nitro benzene ring substituents is 1. The summed E-state index contributed by atoms with van der Waals surface area (Å²) in [7, 11) is -3.35. The topological polar surface area (TPSA) is 162 Å². The fourth-order valence-electron chi connectivity index (χ4n) is 3.49. The van der Waals surface area contributed by atoms with E-state index in [0.29, 0.717) is 23.0 Å². The van der Waals surface area contributed by atoms with Crippen LogP contribution in [0.3, 0.4) is 0 Å². The number of nitrogens with zero attached hydrogens (tertiary/aromatic N) is 2. The Morgan fingerprint density at radius 3 is 2.48 bits per heavy atom. The molecule has 206 valence electrons. The summed E-state index contributed by atoms with van der Waals surface area (Å²) in [5.74, 6) is -1.52. The van der Waals surface area contributed by atoms with Gasteiger partial charge in [-0.25, -0.2) is 0 Å². The van der Waals surface area contributed by atoms with E-state index in [1.54, 1.807) is 24.3 Å². The maximum atomic E-state index is 12.9. The number of amides is 3. The van der Waals surface area contributed by atoms with E-state index in [9.17, 15) is 32.9 Å². The van der Waals surface area contributed by atoms with Gasteiger partial charge in [-0.1, -0.05) is 18.2 Å². The second-order valence-corrected chi connectivity index (χ2v) is 11.7. The van der Waals surface area contributed by atoms with Crippen molar-refractivity contribution < 1.29 is 36.6 Å². The molecule has 0 unspecified atom stereocenters. The van der Waals surface area contributed by atoms with Crippen LogP contribution in [0, 0.1) is 13.7 Å². The van der Waals surface area contributed by atoms with Crippen molar-refractivity contribution in [3.63, 3.8) is 0 Å². The number of halogens is 1. The number of methoxy groups -OCH3 is 1. The summed E-state index contributed by atoms with van der Waals surface area (Å²) >= 11 is 2.76. The highest BCUT2D eigenvalue weighted by Crippen LogP contribution is 2.36. The molecule has 1 saturated heterocycles. The van der Waals surface area contributed by atoms with Gasteiger partial charge in [0.15, 0.2) is 16.4 Å². The van der Waals surface area contributed by atoms with Gasteiger partial charge < -0.3 is 14.2 Å². The van der Waals surface area contributed by atoms with Crippen LogP contribution in [0.25, 0.3) is 6.08 Å². The molecule has 0 atom stereocenters. The number of nitro groups is 1. The van der Waals surface area contributed by atoms with Crippen molar-refractivity contribution in [1.29, 1.82) is 0 Å². The van der Waals surface area contributed by atoms with Crippen molar-refractivity contribution in [3.05, 3.63) is 90.9 Å². The first-order valence-corrected chi connectivity index (χ1v) is 14.5. The Hall–Kier alpha value is -3.96. The summed E-state index contributed by atoms with van der Waals surface area (Å²) in [5.41, 5.74) is 0.230. The Labute approximate surface area is 245 Å². The Bertz CT molecular complexity index is 1660. The van der Waals surface area contributed by atoms with Crippen LogP contribution in [0.5, 0.6) is 11.5 Å². The third-order valence-corrected chi connectivity index (χ3v) is 8.23. The van der Waals surface area contributed by atoms with Gasteiger partial charge in [-0.3, -0.25) is 29.4 Å². The van der Waals surface area contributed by atoms with Gasteiger partial charge in [-0.05, 0) is 88.5 Å². The number of imide groups is 1.